The number of fused-ring (bicyclic) bond motifs is 1. The Morgan fingerprint density at radius 1 is 1.35 bits per heavy atom. The second-order valence-electron chi connectivity index (χ2n) is 4.76. The second kappa shape index (κ2) is 6.74. The Hall–Kier alpha value is -1.82. The fourth-order valence-corrected chi connectivity index (χ4v) is 3.62. The number of nitrogens with zero attached hydrogens (tertiary/aromatic N) is 1. The molecular formula is C16H12Cl2N2O2S. The van der Waals surface area contributed by atoms with Gasteiger partial charge in [-0.3, -0.25) is 4.99 Å². The van der Waals surface area contributed by atoms with Crippen molar-refractivity contribution in [3.05, 3.63) is 62.6 Å². The highest BCUT2D eigenvalue weighted by Crippen LogP contribution is 2.37. The van der Waals surface area contributed by atoms with E-state index in [1.165, 1.54) is 24.5 Å². The van der Waals surface area contributed by atoms with Crippen LogP contribution in [0.3, 0.4) is 0 Å². The number of aliphatic imine (C=N–C) groups is 1. The maximum atomic E-state index is 11.5. The van der Waals surface area contributed by atoms with Gasteiger partial charge in [0.25, 0.3) is 0 Å². The Bertz CT molecular complexity index is 827. The molecule has 0 saturated carbocycles. The standard InChI is InChI=1S/C16H12Cl2N2O2S/c1-22-14(21)6-9-8-19-15(10-4-2-3-5-12(10)17)11-7-13(18)23-16(11)20-9/h2-7,20H,8H2,1H3. The number of hydrogen-bond donors (Lipinski definition) is 1. The van der Waals surface area contributed by atoms with Crippen LogP contribution in [0.25, 0.3) is 0 Å². The van der Waals surface area contributed by atoms with Crippen molar-refractivity contribution >= 4 is 51.2 Å². The Balaban J connectivity index is 2.11. The van der Waals surface area contributed by atoms with Gasteiger partial charge in [0.05, 0.1) is 23.7 Å². The van der Waals surface area contributed by atoms with Crippen LogP contribution in [-0.2, 0) is 9.53 Å². The maximum absolute atomic E-state index is 11.5. The van der Waals surface area contributed by atoms with Crippen LogP contribution in [0.1, 0.15) is 11.1 Å². The first kappa shape index (κ1) is 16.1. The average molecular weight is 367 g/mol. The van der Waals surface area contributed by atoms with E-state index in [-0.39, 0.29) is 0 Å². The molecule has 0 amide bonds. The summed E-state index contributed by atoms with van der Waals surface area (Å²) in [5.74, 6) is -0.437. The SMILES string of the molecule is COC(=O)C=C1CN=C(c2ccccc2Cl)c2cc(Cl)sc2N1. The molecule has 4 nitrogen and oxygen atoms in total. The number of halogens is 2. The number of rotatable bonds is 2. The zero-order chi connectivity index (χ0) is 16.4. The Morgan fingerprint density at radius 2 is 2.13 bits per heavy atom. The third-order valence-electron chi connectivity index (χ3n) is 3.26. The molecule has 1 aliphatic heterocycles. The summed E-state index contributed by atoms with van der Waals surface area (Å²) in [6.07, 6.45) is 1.39. The normalized spacial score (nSPS) is 15.4. The minimum Gasteiger partial charge on any atom is -0.466 e. The molecule has 1 aromatic heterocycles. The lowest BCUT2D eigenvalue weighted by atomic mass is 10.0. The molecule has 1 aromatic carbocycles. The fourth-order valence-electron chi connectivity index (χ4n) is 2.23. The first-order valence-electron chi connectivity index (χ1n) is 6.73. The smallest absolute Gasteiger partial charge is 0.332 e. The van der Waals surface area contributed by atoms with Gasteiger partial charge in [-0.1, -0.05) is 41.4 Å². The number of ether oxygens (including phenoxy) is 1. The van der Waals surface area contributed by atoms with Crippen LogP contribution in [0.4, 0.5) is 5.00 Å². The van der Waals surface area contributed by atoms with Crippen LogP contribution >= 0.6 is 34.5 Å². The number of nitrogens with one attached hydrogen (secondary N) is 1. The summed E-state index contributed by atoms with van der Waals surface area (Å²) in [6, 6.07) is 9.34. The lowest BCUT2D eigenvalue weighted by Crippen LogP contribution is -2.05. The molecule has 0 aliphatic carbocycles. The van der Waals surface area contributed by atoms with E-state index < -0.39 is 5.97 Å². The molecule has 1 aliphatic rings. The van der Waals surface area contributed by atoms with Crippen LogP contribution in [-0.4, -0.2) is 25.3 Å². The van der Waals surface area contributed by atoms with Crippen molar-refractivity contribution in [2.24, 2.45) is 4.99 Å². The molecule has 118 valence electrons. The summed E-state index contributed by atoms with van der Waals surface area (Å²) < 4.78 is 5.30. The summed E-state index contributed by atoms with van der Waals surface area (Å²) in [6.45, 7) is 0.314. The molecule has 0 radical (unpaired) electrons. The molecule has 0 atom stereocenters. The van der Waals surface area contributed by atoms with Gasteiger partial charge in [-0.15, -0.1) is 11.3 Å². The van der Waals surface area contributed by atoms with Crippen LogP contribution in [0, 0.1) is 0 Å². The van der Waals surface area contributed by atoms with Crippen molar-refractivity contribution in [2.45, 2.75) is 0 Å². The number of carbonyl (C=O) groups is 1. The van der Waals surface area contributed by atoms with Crippen molar-refractivity contribution in [3.63, 3.8) is 0 Å². The zero-order valence-corrected chi connectivity index (χ0v) is 14.4. The van der Waals surface area contributed by atoms with Crippen LogP contribution in [0.2, 0.25) is 9.36 Å². The lowest BCUT2D eigenvalue weighted by Gasteiger charge is -2.07. The van der Waals surface area contributed by atoms with E-state index in [9.17, 15) is 4.79 Å². The number of esters is 1. The number of carbonyl (C=O) groups excluding carboxylic acids is 1. The van der Waals surface area contributed by atoms with Gasteiger partial charge < -0.3 is 10.1 Å². The molecule has 2 heterocycles. The molecule has 3 rings (SSSR count). The van der Waals surface area contributed by atoms with Gasteiger partial charge >= 0.3 is 5.97 Å². The maximum Gasteiger partial charge on any atom is 0.332 e. The van der Waals surface area contributed by atoms with E-state index in [2.05, 4.69) is 15.0 Å². The molecule has 1 N–H and O–H groups in total. The molecule has 0 saturated heterocycles. The Kier molecular flexibility index (Phi) is 4.71. The predicted molar refractivity (Wildman–Crippen MR) is 95.0 cm³/mol. The van der Waals surface area contributed by atoms with Crippen LogP contribution in [0.15, 0.2) is 47.1 Å². The van der Waals surface area contributed by atoms with Crippen molar-refractivity contribution in [1.82, 2.24) is 0 Å². The highest BCUT2D eigenvalue weighted by molar-refractivity contribution is 7.20. The average Bonchev–Trinajstić information content (AvgIpc) is 2.81. The van der Waals surface area contributed by atoms with Crippen molar-refractivity contribution in [2.75, 3.05) is 19.0 Å². The van der Waals surface area contributed by atoms with Gasteiger partial charge in [-0.2, -0.15) is 0 Å². The van der Waals surface area contributed by atoms with Crippen LogP contribution in [0.5, 0.6) is 0 Å². The fraction of sp³-hybridized carbons (Fsp3) is 0.125. The third-order valence-corrected chi connectivity index (χ3v) is 4.77. The molecule has 0 spiro atoms. The summed E-state index contributed by atoms with van der Waals surface area (Å²) in [7, 11) is 1.34. The molecule has 0 bridgehead atoms. The number of methoxy groups -OCH3 is 1. The van der Waals surface area contributed by atoms with E-state index in [0.29, 0.717) is 21.6 Å². The molecule has 23 heavy (non-hydrogen) atoms. The van der Waals surface area contributed by atoms with E-state index in [4.69, 9.17) is 23.2 Å². The Labute approximate surface area is 147 Å². The first-order chi connectivity index (χ1) is 11.1. The molecule has 0 fully saturated rings. The topological polar surface area (TPSA) is 50.7 Å². The molecule has 0 unspecified atom stereocenters. The summed E-state index contributed by atoms with van der Waals surface area (Å²) in [4.78, 5) is 16.1. The summed E-state index contributed by atoms with van der Waals surface area (Å²) in [5, 5.41) is 4.63. The predicted octanol–water partition coefficient (Wildman–Crippen LogP) is 4.37. The second-order valence-corrected chi connectivity index (χ2v) is 6.85. The van der Waals surface area contributed by atoms with Gasteiger partial charge in [-0.05, 0) is 12.1 Å². The Morgan fingerprint density at radius 3 is 2.87 bits per heavy atom. The van der Waals surface area contributed by atoms with Crippen molar-refractivity contribution < 1.29 is 9.53 Å². The minimum absolute atomic E-state index is 0.314. The van der Waals surface area contributed by atoms with E-state index in [0.717, 1.165) is 21.8 Å². The molecule has 2 aromatic rings. The molecule has 7 heteroatoms. The van der Waals surface area contributed by atoms with E-state index in [1.54, 1.807) is 0 Å². The van der Waals surface area contributed by atoms with Gasteiger partial charge in [0.15, 0.2) is 0 Å². The number of anilines is 1. The van der Waals surface area contributed by atoms with Crippen molar-refractivity contribution in [1.29, 1.82) is 0 Å². The van der Waals surface area contributed by atoms with E-state index >= 15 is 0 Å². The zero-order valence-electron chi connectivity index (χ0n) is 12.1. The van der Waals surface area contributed by atoms with Crippen molar-refractivity contribution in [3.8, 4) is 0 Å². The largest absolute Gasteiger partial charge is 0.466 e. The van der Waals surface area contributed by atoms with Gasteiger partial charge in [0.1, 0.15) is 5.00 Å². The number of thiophene rings is 1. The van der Waals surface area contributed by atoms with Gasteiger partial charge in [0, 0.05) is 27.9 Å². The van der Waals surface area contributed by atoms with Crippen LogP contribution < -0.4 is 5.32 Å². The van der Waals surface area contributed by atoms with E-state index in [1.807, 2.05) is 30.3 Å². The minimum atomic E-state index is -0.437. The number of hydrogen-bond acceptors (Lipinski definition) is 5. The monoisotopic (exact) mass is 366 g/mol. The lowest BCUT2D eigenvalue weighted by molar-refractivity contribution is -0.134. The molecular weight excluding hydrogens is 355 g/mol. The quantitative estimate of drug-likeness (QED) is 0.633. The number of benzene rings is 1. The highest BCUT2D eigenvalue weighted by atomic mass is 35.5. The summed E-state index contributed by atoms with van der Waals surface area (Å²) in [5.41, 5.74) is 3.07. The van der Waals surface area contributed by atoms with Gasteiger partial charge in [-0.25, -0.2) is 4.79 Å². The first-order valence-corrected chi connectivity index (χ1v) is 8.30. The third kappa shape index (κ3) is 3.42. The van der Waals surface area contributed by atoms with Gasteiger partial charge in [0.2, 0.25) is 0 Å². The highest BCUT2D eigenvalue weighted by Gasteiger charge is 2.21. The summed E-state index contributed by atoms with van der Waals surface area (Å²) >= 11 is 13.8.